The summed E-state index contributed by atoms with van der Waals surface area (Å²) < 4.78 is 10.8. The van der Waals surface area contributed by atoms with Crippen LogP contribution in [0.3, 0.4) is 0 Å². The zero-order chi connectivity index (χ0) is 22.5. The van der Waals surface area contributed by atoms with Crippen molar-refractivity contribution in [3.05, 3.63) is 57.5 Å². The number of hydrogen-bond donors (Lipinski definition) is 1. The second-order valence-electron chi connectivity index (χ2n) is 6.42. The summed E-state index contributed by atoms with van der Waals surface area (Å²) >= 11 is 13.1. The highest BCUT2D eigenvalue weighted by atomic mass is 35.5. The van der Waals surface area contributed by atoms with Crippen LogP contribution in [0.1, 0.15) is 10.5 Å². The van der Waals surface area contributed by atoms with Crippen molar-refractivity contribution in [3.63, 3.8) is 0 Å². The Morgan fingerprint density at radius 3 is 2.58 bits per heavy atom. The number of ether oxygens (including phenoxy) is 2. The highest BCUT2D eigenvalue weighted by Crippen LogP contribution is 2.39. The maximum Gasteiger partial charge on any atom is 0.273 e. The van der Waals surface area contributed by atoms with Crippen LogP contribution in [0.15, 0.2) is 41.8 Å². The van der Waals surface area contributed by atoms with Gasteiger partial charge in [0.1, 0.15) is 10.7 Å². The second-order valence-corrected chi connectivity index (χ2v) is 8.09. The molecule has 1 heterocycles. The molecule has 3 rings (SSSR count). The number of anilines is 1. The van der Waals surface area contributed by atoms with E-state index in [2.05, 4.69) is 10.3 Å². The molecule has 7 nitrogen and oxygen atoms in total. The minimum absolute atomic E-state index is 0.158. The van der Waals surface area contributed by atoms with Gasteiger partial charge in [0.15, 0.2) is 11.5 Å². The Hall–Kier alpha value is -2.81. The maximum atomic E-state index is 12.7. The molecule has 0 aliphatic rings. The molecule has 10 heteroatoms. The van der Waals surface area contributed by atoms with Crippen molar-refractivity contribution in [3.8, 4) is 22.1 Å². The van der Waals surface area contributed by atoms with Crippen molar-refractivity contribution in [2.45, 2.75) is 0 Å². The van der Waals surface area contributed by atoms with E-state index in [0.29, 0.717) is 37.8 Å². The Balaban J connectivity index is 1.70. The van der Waals surface area contributed by atoms with Crippen LogP contribution in [0.25, 0.3) is 10.6 Å². The van der Waals surface area contributed by atoms with Crippen LogP contribution in [-0.2, 0) is 4.79 Å². The fourth-order valence-electron chi connectivity index (χ4n) is 2.81. The maximum absolute atomic E-state index is 12.7. The molecule has 0 saturated carbocycles. The van der Waals surface area contributed by atoms with Crippen LogP contribution in [0.2, 0.25) is 10.0 Å². The Bertz CT molecular complexity index is 1120. The van der Waals surface area contributed by atoms with E-state index in [0.717, 1.165) is 0 Å². The largest absolute Gasteiger partial charge is 0.493 e. The molecule has 2 amide bonds. The molecule has 0 atom stereocenters. The Morgan fingerprint density at radius 2 is 1.90 bits per heavy atom. The number of likely N-dealkylation sites (N-methyl/N-ethyl adjacent to an activating group) is 1. The number of methoxy groups -OCH3 is 2. The van der Waals surface area contributed by atoms with Gasteiger partial charge in [0.05, 0.1) is 36.4 Å². The predicted molar refractivity (Wildman–Crippen MR) is 123 cm³/mol. The van der Waals surface area contributed by atoms with E-state index in [-0.39, 0.29) is 24.1 Å². The number of carbonyl (C=O) groups is 2. The molecule has 0 aliphatic heterocycles. The molecule has 0 radical (unpaired) electrons. The quantitative estimate of drug-likeness (QED) is 0.523. The number of hydrogen-bond acceptors (Lipinski definition) is 6. The van der Waals surface area contributed by atoms with Gasteiger partial charge in [0, 0.05) is 18.1 Å². The highest BCUT2D eigenvalue weighted by molar-refractivity contribution is 7.13. The monoisotopic (exact) mass is 479 g/mol. The van der Waals surface area contributed by atoms with Crippen LogP contribution in [-0.4, -0.2) is 49.5 Å². The van der Waals surface area contributed by atoms with E-state index in [9.17, 15) is 9.59 Å². The van der Waals surface area contributed by atoms with Crippen LogP contribution < -0.4 is 14.8 Å². The highest BCUT2D eigenvalue weighted by Gasteiger charge is 2.20. The lowest BCUT2D eigenvalue weighted by atomic mass is 10.2. The number of carbonyl (C=O) groups excluding carboxylic acids is 2. The van der Waals surface area contributed by atoms with Crippen LogP contribution >= 0.6 is 34.5 Å². The molecule has 0 fully saturated rings. The van der Waals surface area contributed by atoms with Crippen molar-refractivity contribution in [1.29, 1.82) is 0 Å². The standard InChI is InChI=1S/C21H19Cl2N3O4S/c1-26(10-18(27)24-12-7-8-14(22)15(23)9-12)21(28)16-11-31-20(25-16)13-5-4-6-17(29-2)19(13)30-3/h4-9,11H,10H2,1-3H3,(H,24,27). The van der Waals surface area contributed by atoms with Crippen LogP contribution in [0, 0.1) is 0 Å². The average Bonchev–Trinajstić information content (AvgIpc) is 3.25. The third kappa shape index (κ3) is 5.28. The van der Waals surface area contributed by atoms with Gasteiger partial charge in [-0.1, -0.05) is 29.3 Å². The Morgan fingerprint density at radius 1 is 1.13 bits per heavy atom. The number of rotatable bonds is 7. The number of nitrogens with zero attached hydrogens (tertiary/aromatic N) is 2. The van der Waals surface area contributed by atoms with E-state index in [1.165, 1.54) is 29.4 Å². The summed E-state index contributed by atoms with van der Waals surface area (Å²) in [6, 6.07) is 10.2. The molecule has 162 valence electrons. The number of thiazole rings is 1. The fourth-order valence-corrected chi connectivity index (χ4v) is 3.92. The zero-order valence-electron chi connectivity index (χ0n) is 16.9. The van der Waals surface area contributed by atoms with Crippen molar-refractivity contribution in [1.82, 2.24) is 9.88 Å². The number of nitrogens with one attached hydrogen (secondary N) is 1. The van der Waals surface area contributed by atoms with Gasteiger partial charge in [-0.3, -0.25) is 9.59 Å². The molecule has 0 bridgehead atoms. The fraction of sp³-hybridized carbons (Fsp3) is 0.190. The van der Waals surface area contributed by atoms with Gasteiger partial charge >= 0.3 is 0 Å². The van der Waals surface area contributed by atoms with Gasteiger partial charge in [-0.2, -0.15) is 0 Å². The van der Waals surface area contributed by atoms with E-state index < -0.39 is 0 Å². The first-order valence-corrected chi connectivity index (χ1v) is 10.6. The molecule has 0 saturated heterocycles. The van der Waals surface area contributed by atoms with E-state index in [1.807, 2.05) is 12.1 Å². The van der Waals surface area contributed by atoms with E-state index in [4.69, 9.17) is 32.7 Å². The molecule has 0 unspecified atom stereocenters. The number of benzene rings is 2. The van der Waals surface area contributed by atoms with Crippen molar-refractivity contribution in [2.24, 2.45) is 0 Å². The molecule has 2 aromatic carbocycles. The van der Waals surface area contributed by atoms with E-state index in [1.54, 1.807) is 37.8 Å². The predicted octanol–water partition coefficient (Wildman–Crippen LogP) is 4.84. The summed E-state index contributed by atoms with van der Waals surface area (Å²) in [5, 5.41) is 5.64. The van der Waals surface area contributed by atoms with Gasteiger partial charge in [-0.25, -0.2) is 4.98 Å². The normalized spacial score (nSPS) is 10.5. The Kier molecular flexibility index (Phi) is 7.37. The second kappa shape index (κ2) is 10.00. The van der Waals surface area contributed by atoms with Gasteiger partial charge < -0.3 is 19.7 Å². The molecule has 1 aromatic heterocycles. The lowest BCUT2D eigenvalue weighted by Gasteiger charge is -2.16. The number of para-hydroxylation sites is 1. The summed E-state index contributed by atoms with van der Waals surface area (Å²) in [7, 11) is 4.62. The smallest absolute Gasteiger partial charge is 0.273 e. The van der Waals surface area contributed by atoms with Crippen molar-refractivity contribution >= 4 is 52.0 Å². The summed E-state index contributed by atoms with van der Waals surface area (Å²) in [5.74, 6) is 0.347. The minimum Gasteiger partial charge on any atom is -0.493 e. The average molecular weight is 480 g/mol. The minimum atomic E-state index is -0.381. The summed E-state index contributed by atoms with van der Waals surface area (Å²) in [4.78, 5) is 30.8. The number of halogens is 2. The molecular formula is C21H19Cl2N3O4S. The summed E-state index contributed by atoms with van der Waals surface area (Å²) in [5.41, 5.74) is 1.43. The van der Waals surface area contributed by atoms with Gasteiger partial charge in [0.25, 0.3) is 5.91 Å². The van der Waals surface area contributed by atoms with Gasteiger partial charge in [-0.15, -0.1) is 11.3 Å². The Labute approximate surface area is 193 Å². The SMILES string of the molecule is COc1cccc(-c2nc(C(=O)N(C)CC(=O)Nc3ccc(Cl)c(Cl)c3)cs2)c1OC. The lowest BCUT2D eigenvalue weighted by Crippen LogP contribution is -2.35. The number of aromatic nitrogens is 1. The molecular weight excluding hydrogens is 461 g/mol. The van der Waals surface area contributed by atoms with Gasteiger partial charge in [-0.05, 0) is 30.3 Å². The van der Waals surface area contributed by atoms with E-state index >= 15 is 0 Å². The van der Waals surface area contributed by atoms with Gasteiger partial charge in [0.2, 0.25) is 5.91 Å². The zero-order valence-corrected chi connectivity index (χ0v) is 19.3. The lowest BCUT2D eigenvalue weighted by molar-refractivity contribution is -0.116. The third-order valence-electron chi connectivity index (χ3n) is 4.29. The molecule has 0 aliphatic carbocycles. The topological polar surface area (TPSA) is 80.8 Å². The molecule has 3 aromatic rings. The molecule has 0 spiro atoms. The molecule has 31 heavy (non-hydrogen) atoms. The van der Waals surface area contributed by atoms with Crippen LogP contribution in [0.4, 0.5) is 5.69 Å². The summed E-state index contributed by atoms with van der Waals surface area (Å²) in [6.45, 7) is -0.158. The molecule has 1 N–H and O–H groups in total. The first kappa shape index (κ1) is 22.9. The summed E-state index contributed by atoms with van der Waals surface area (Å²) in [6.07, 6.45) is 0. The first-order chi connectivity index (χ1) is 14.8. The first-order valence-electron chi connectivity index (χ1n) is 9.01. The van der Waals surface area contributed by atoms with Crippen LogP contribution in [0.5, 0.6) is 11.5 Å². The van der Waals surface area contributed by atoms with Crippen molar-refractivity contribution < 1.29 is 19.1 Å². The van der Waals surface area contributed by atoms with Crippen molar-refractivity contribution in [2.75, 3.05) is 33.1 Å². The number of amides is 2. The third-order valence-corrected chi connectivity index (χ3v) is 5.90.